The maximum absolute atomic E-state index is 5.60. The topological polar surface area (TPSA) is 48.5 Å². The third-order valence-electron chi connectivity index (χ3n) is 16.1. The monoisotopic (exact) mass is 1020 g/mol. The standard InChI is InChI=1S/C75H53N5/c1-7-23-50(24-8-1)53-39-41-56(42-40-53)73-76-74(59-46-57(51-25-9-2-10-26-51)45-58(47-59)52-27-11-3-12-28-52)78-75(77-73)60-48-65(54-29-13-4-14-30-54)71(66(49-60)55-31-15-5-16-32-55)80-68-38-22-20-36-64(68)70-69(80)44-43-63-62-35-19-21-37-67(62)79(72(63)70)61-33-17-6-18-34-61/h1-11,13-27,29-31,33-49,55H,12,28,32H2. The van der Waals surface area contributed by atoms with E-state index in [9.17, 15) is 0 Å². The second kappa shape index (κ2) is 20.0. The molecule has 13 aromatic rings. The van der Waals surface area contributed by atoms with Crippen LogP contribution in [-0.2, 0) is 0 Å². The highest BCUT2D eigenvalue weighted by Crippen LogP contribution is 2.47. The van der Waals surface area contributed by atoms with Crippen molar-refractivity contribution in [1.82, 2.24) is 24.1 Å². The van der Waals surface area contributed by atoms with Gasteiger partial charge in [-0.1, -0.05) is 218 Å². The Labute approximate surface area is 465 Å². The fourth-order valence-corrected chi connectivity index (χ4v) is 12.4. The van der Waals surface area contributed by atoms with E-state index in [-0.39, 0.29) is 5.92 Å². The van der Waals surface area contributed by atoms with E-state index in [1.54, 1.807) is 0 Å². The number of aromatic nitrogens is 5. The maximum Gasteiger partial charge on any atom is 0.164 e. The summed E-state index contributed by atoms with van der Waals surface area (Å²) in [5.41, 5.74) is 20.1. The van der Waals surface area contributed by atoms with Crippen molar-refractivity contribution < 1.29 is 0 Å². The summed E-state index contributed by atoms with van der Waals surface area (Å²) in [4.78, 5) is 16.5. The molecule has 2 aliphatic rings. The highest BCUT2D eigenvalue weighted by molar-refractivity contribution is 6.26. The van der Waals surface area contributed by atoms with E-state index in [4.69, 9.17) is 15.0 Å². The first-order valence-corrected chi connectivity index (χ1v) is 27.8. The Morgan fingerprint density at radius 2 is 0.938 bits per heavy atom. The highest BCUT2D eigenvalue weighted by Gasteiger charge is 2.28. The summed E-state index contributed by atoms with van der Waals surface area (Å²) in [5.74, 6) is 1.89. The van der Waals surface area contributed by atoms with Crippen LogP contribution < -0.4 is 0 Å². The Morgan fingerprint density at radius 1 is 0.375 bits per heavy atom. The van der Waals surface area contributed by atoms with Crippen molar-refractivity contribution in [2.24, 2.45) is 0 Å². The van der Waals surface area contributed by atoms with Gasteiger partial charge in [-0.05, 0) is 124 Å². The summed E-state index contributed by atoms with van der Waals surface area (Å²) in [6.45, 7) is 0. The van der Waals surface area contributed by atoms with Crippen LogP contribution in [0.2, 0.25) is 0 Å². The quantitative estimate of drug-likeness (QED) is 0.137. The average Bonchev–Trinajstić information content (AvgIpc) is 4.14. The molecule has 0 saturated heterocycles. The van der Waals surface area contributed by atoms with E-state index in [0.29, 0.717) is 17.5 Å². The van der Waals surface area contributed by atoms with Gasteiger partial charge in [0.05, 0.1) is 27.8 Å². The number of rotatable bonds is 10. The third-order valence-corrected chi connectivity index (χ3v) is 16.1. The van der Waals surface area contributed by atoms with E-state index < -0.39 is 0 Å². The van der Waals surface area contributed by atoms with Crippen LogP contribution >= 0.6 is 0 Å². The van der Waals surface area contributed by atoms with Gasteiger partial charge in [-0.2, -0.15) is 0 Å². The number of para-hydroxylation sites is 3. The van der Waals surface area contributed by atoms with Crippen molar-refractivity contribution in [3.63, 3.8) is 0 Å². The van der Waals surface area contributed by atoms with E-state index >= 15 is 0 Å². The molecule has 3 heterocycles. The zero-order chi connectivity index (χ0) is 52.9. The van der Waals surface area contributed by atoms with Crippen LogP contribution in [0, 0.1) is 0 Å². The van der Waals surface area contributed by atoms with Gasteiger partial charge in [-0.15, -0.1) is 0 Å². The van der Waals surface area contributed by atoms with Crippen LogP contribution in [0.5, 0.6) is 0 Å². The summed E-state index contributed by atoms with van der Waals surface area (Å²) in [5, 5.41) is 4.87. The number of benzene rings is 10. The fourth-order valence-electron chi connectivity index (χ4n) is 12.4. The second-order valence-electron chi connectivity index (χ2n) is 21.0. The Kier molecular flexibility index (Phi) is 11.7. The Hall–Kier alpha value is -10.2. The largest absolute Gasteiger partial charge is 0.309 e. The number of allylic oxidation sites excluding steroid dienone is 8. The first-order valence-electron chi connectivity index (χ1n) is 27.8. The van der Waals surface area contributed by atoms with Gasteiger partial charge in [-0.25, -0.2) is 15.0 Å². The van der Waals surface area contributed by atoms with Gasteiger partial charge in [0, 0.05) is 55.4 Å². The lowest BCUT2D eigenvalue weighted by Crippen LogP contribution is -2.09. The summed E-state index contributed by atoms with van der Waals surface area (Å²) in [7, 11) is 0. The number of hydrogen-bond donors (Lipinski definition) is 0. The first-order chi connectivity index (χ1) is 39.7. The van der Waals surface area contributed by atoms with Gasteiger partial charge in [0.1, 0.15) is 0 Å². The van der Waals surface area contributed by atoms with E-state index in [1.807, 2.05) is 0 Å². The maximum atomic E-state index is 5.60. The highest BCUT2D eigenvalue weighted by atomic mass is 15.0. The fraction of sp³-hybridized carbons (Fsp3) is 0.0533. The zero-order valence-electron chi connectivity index (χ0n) is 44.0. The molecule has 2 aliphatic carbocycles. The minimum Gasteiger partial charge on any atom is -0.309 e. The van der Waals surface area contributed by atoms with E-state index in [0.717, 1.165) is 91.7 Å². The van der Waals surface area contributed by atoms with Crippen molar-refractivity contribution in [1.29, 1.82) is 0 Å². The number of hydrogen-bond acceptors (Lipinski definition) is 3. The third kappa shape index (κ3) is 8.30. The normalized spacial score (nSPS) is 14.2. The lowest BCUT2D eigenvalue weighted by molar-refractivity contribution is 0.844. The molecular formula is C75H53N5. The predicted octanol–water partition coefficient (Wildman–Crippen LogP) is 19.4. The summed E-state index contributed by atoms with van der Waals surface area (Å²) >= 11 is 0. The van der Waals surface area contributed by atoms with Crippen molar-refractivity contribution in [3.8, 4) is 78.9 Å². The van der Waals surface area contributed by atoms with Crippen LogP contribution in [0.1, 0.15) is 36.3 Å². The predicted molar refractivity (Wildman–Crippen MR) is 333 cm³/mol. The molecular weight excluding hydrogens is 971 g/mol. The molecule has 0 radical (unpaired) electrons. The van der Waals surface area contributed by atoms with Crippen molar-refractivity contribution in [2.45, 2.75) is 25.2 Å². The molecule has 0 N–H and O–H groups in total. The first kappa shape index (κ1) is 47.0. The molecule has 0 aliphatic heterocycles. The van der Waals surface area contributed by atoms with Crippen LogP contribution in [0.25, 0.3) is 128 Å². The van der Waals surface area contributed by atoms with Crippen LogP contribution in [0.4, 0.5) is 0 Å². The number of fused-ring (bicyclic) bond motifs is 7. The van der Waals surface area contributed by atoms with Crippen molar-refractivity contribution in [3.05, 3.63) is 290 Å². The van der Waals surface area contributed by atoms with Gasteiger partial charge in [-0.3, -0.25) is 0 Å². The second-order valence-corrected chi connectivity index (χ2v) is 21.0. The zero-order valence-corrected chi connectivity index (χ0v) is 44.0. The Balaban J connectivity index is 1.01. The molecule has 0 saturated carbocycles. The van der Waals surface area contributed by atoms with Crippen LogP contribution in [-0.4, -0.2) is 24.1 Å². The molecule has 0 amide bonds. The van der Waals surface area contributed by atoms with Crippen LogP contribution in [0.15, 0.2) is 279 Å². The molecule has 1 atom stereocenters. The van der Waals surface area contributed by atoms with Gasteiger partial charge in [0.2, 0.25) is 0 Å². The Bertz CT molecular complexity index is 4640. The summed E-state index contributed by atoms with van der Waals surface area (Å²) in [6, 6.07) is 85.6. The molecule has 0 spiro atoms. The molecule has 378 valence electrons. The van der Waals surface area contributed by atoms with Crippen molar-refractivity contribution in [2.75, 3.05) is 0 Å². The van der Waals surface area contributed by atoms with Gasteiger partial charge < -0.3 is 9.13 Å². The van der Waals surface area contributed by atoms with Gasteiger partial charge in [0.25, 0.3) is 0 Å². The minimum atomic E-state index is 0.0439. The SMILES string of the molecule is C1=CCCC(c2cc(-c3ccccc3)cc(-c3nc(-c4ccc(-c5ccccc5)cc4)nc(-c4cc(-c5ccccc5)c(-n5c6ccccc6c6c5ccc5c7ccccc7n(-c7ccccc7)c56)c(C5C=CC=CC5)c4)n3)c2)=C1. The summed E-state index contributed by atoms with van der Waals surface area (Å²) in [6.07, 6.45) is 18.5. The molecule has 1 unspecified atom stereocenters. The molecule has 0 fully saturated rings. The minimum absolute atomic E-state index is 0.0439. The summed E-state index contributed by atoms with van der Waals surface area (Å²) < 4.78 is 5.02. The van der Waals surface area contributed by atoms with E-state index in [1.165, 1.54) is 49.3 Å². The molecule has 3 aromatic heterocycles. The molecule has 15 rings (SSSR count). The molecule has 80 heavy (non-hydrogen) atoms. The molecule has 0 bridgehead atoms. The smallest absolute Gasteiger partial charge is 0.164 e. The lowest BCUT2D eigenvalue weighted by atomic mass is 9.86. The van der Waals surface area contributed by atoms with Gasteiger partial charge >= 0.3 is 0 Å². The lowest BCUT2D eigenvalue weighted by Gasteiger charge is -2.25. The molecule has 5 nitrogen and oxygen atoms in total. The van der Waals surface area contributed by atoms with Gasteiger partial charge in [0.15, 0.2) is 17.5 Å². The average molecular weight is 1020 g/mol. The van der Waals surface area contributed by atoms with E-state index in [2.05, 4.69) is 288 Å². The molecule has 10 aromatic carbocycles. The van der Waals surface area contributed by atoms with Crippen LogP contribution in [0.3, 0.4) is 0 Å². The van der Waals surface area contributed by atoms with Crippen molar-refractivity contribution >= 4 is 49.2 Å². The number of nitrogens with zero attached hydrogens (tertiary/aromatic N) is 5. The molecule has 5 heteroatoms. The Morgan fingerprint density at radius 3 is 1.61 bits per heavy atom.